The third-order valence-corrected chi connectivity index (χ3v) is 16.4. The molecule has 68 valence electrons. The summed E-state index contributed by atoms with van der Waals surface area (Å²) in [5.74, 6) is 0. The zero-order chi connectivity index (χ0) is 9.28. The first-order valence-corrected chi connectivity index (χ1v) is 11.6. The summed E-state index contributed by atoms with van der Waals surface area (Å²) < 4.78 is 5.74. The van der Waals surface area contributed by atoms with E-state index in [2.05, 4.69) is 39.7 Å². The van der Waals surface area contributed by atoms with Crippen molar-refractivity contribution < 1.29 is 4.12 Å². The molecule has 1 unspecified atom stereocenters. The van der Waals surface area contributed by atoms with Crippen molar-refractivity contribution in [1.29, 1.82) is 0 Å². The first-order valence-electron chi connectivity index (χ1n) is 4.27. The highest BCUT2D eigenvalue weighted by Gasteiger charge is 2.37. The largest absolute Gasteiger partial charge is 0.463 e. The fraction of sp³-hybridized carbons (Fsp3) is 1.00. The Balaban J connectivity index is 4.35. The molecule has 0 saturated carbocycles. The minimum Gasteiger partial charge on any atom is -0.463 e. The smallest absolute Gasteiger partial charge is 0.172 e. The van der Waals surface area contributed by atoms with Gasteiger partial charge in [0, 0.05) is 8.07 Å². The lowest BCUT2D eigenvalue weighted by molar-refractivity contribution is 0.600. The monoisotopic (exact) mass is 206 g/mol. The minimum atomic E-state index is -1.29. The van der Waals surface area contributed by atoms with E-state index < -0.39 is 16.4 Å². The Labute approximate surface area is 76.2 Å². The first-order chi connectivity index (χ1) is 4.72. The predicted octanol–water partition coefficient (Wildman–Crippen LogP) is 1.76. The second-order valence-corrected chi connectivity index (χ2v) is 16.8. The summed E-state index contributed by atoms with van der Waals surface area (Å²) in [7, 11) is -1.34. The molecule has 0 amide bonds. The summed E-state index contributed by atoms with van der Waals surface area (Å²) in [5.41, 5.74) is 0. The summed E-state index contributed by atoms with van der Waals surface area (Å²) >= 11 is 0. The summed E-state index contributed by atoms with van der Waals surface area (Å²) in [5, 5.41) is 0.868. The van der Waals surface area contributed by atoms with Crippen LogP contribution in [-0.4, -0.2) is 26.9 Å². The molecule has 0 radical (unpaired) electrons. The number of rotatable bonds is 3. The summed E-state index contributed by atoms with van der Waals surface area (Å²) in [6, 6.07) is 0. The fourth-order valence-electron chi connectivity index (χ4n) is 1.22. The molecule has 0 heterocycles. The molecule has 0 aliphatic rings. The highest BCUT2D eigenvalue weighted by molar-refractivity contribution is 6.94. The molecule has 0 rings (SSSR count). The van der Waals surface area contributed by atoms with Crippen LogP contribution in [0.15, 0.2) is 0 Å². The van der Waals surface area contributed by atoms with Gasteiger partial charge in [0.25, 0.3) is 0 Å². The molecule has 1 atom stereocenters. The van der Waals surface area contributed by atoms with Crippen LogP contribution in [0.25, 0.3) is 0 Å². The van der Waals surface area contributed by atoms with Gasteiger partial charge in [0.05, 0.1) is 0 Å². The van der Waals surface area contributed by atoms with Gasteiger partial charge in [0.2, 0.25) is 0 Å². The van der Waals surface area contributed by atoms with Crippen molar-refractivity contribution >= 4 is 26.9 Å². The van der Waals surface area contributed by atoms with Gasteiger partial charge in [-0.3, -0.25) is 0 Å². The van der Waals surface area contributed by atoms with Gasteiger partial charge in [0.15, 0.2) is 8.32 Å². The Bertz CT molecular complexity index is 128. The van der Waals surface area contributed by atoms with Gasteiger partial charge in [-0.2, -0.15) is 0 Å². The molecule has 0 aliphatic heterocycles. The third-order valence-electron chi connectivity index (χ3n) is 2.87. The second-order valence-electron chi connectivity index (χ2n) is 4.90. The van der Waals surface area contributed by atoms with Crippen LogP contribution >= 0.6 is 0 Å². The second kappa shape index (κ2) is 3.55. The molecule has 0 N–H and O–H groups in total. The van der Waals surface area contributed by atoms with E-state index in [0.29, 0.717) is 0 Å². The lowest BCUT2D eigenvalue weighted by Gasteiger charge is -2.36. The maximum Gasteiger partial charge on any atom is 0.172 e. The Morgan fingerprint density at radius 3 is 1.55 bits per heavy atom. The number of hydrogen-bond donors (Lipinski definition) is 0. The third kappa shape index (κ3) is 3.23. The van der Waals surface area contributed by atoms with Crippen LogP contribution in [0, 0.1) is 0 Å². The standard InChI is InChI=1S/C7H22OSi3/c1-7(10(2,3)4)11(5,6)8-9/h7H,1-6,9H3. The summed E-state index contributed by atoms with van der Waals surface area (Å²) in [4.78, 5) is 0. The van der Waals surface area contributed by atoms with Crippen LogP contribution in [0.2, 0.25) is 37.9 Å². The highest BCUT2D eigenvalue weighted by Crippen LogP contribution is 2.31. The van der Waals surface area contributed by atoms with Crippen LogP contribution in [0.5, 0.6) is 0 Å². The Kier molecular flexibility index (Phi) is 3.75. The molecule has 0 bridgehead atoms. The first kappa shape index (κ1) is 11.6. The normalized spacial score (nSPS) is 16.9. The van der Waals surface area contributed by atoms with E-state index in [0.717, 1.165) is 15.7 Å². The van der Waals surface area contributed by atoms with E-state index in [1.807, 2.05) is 0 Å². The molecule has 0 aromatic heterocycles. The van der Waals surface area contributed by atoms with Crippen molar-refractivity contribution in [2.24, 2.45) is 0 Å². The Morgan fingerprint density at radius 1 is 1.09 bits per heavy atom. The molecule has 0 saturated heterocycles. The van der Waals surface area contributed by atoms with Crippen molar-refractivity contribution in [2.45, 2.75) is 44.8 Å². The van der Waals surface area contributed by atoms with Crippen molar-refractivity contribution in [1.82, 2.24) is 0 Å². The zero-order valence-corrected chi connectivity index (χ0v) is 13.0. The van der Waals surface area contributed by atoms with Crippen molar-refractivity contribution in [3.63, 3.8) is 0 Å². The van der Waals surface area contributed by atoms with E-state index in [-0.39, 0.29) is 0 Å². The van der Waals surface area contributed by atoms with Gasteiger partial charge < -0.3 is 4.12 Å². The minimum absolute atomic E-state index is 0.868. The lowest BCUT2D eigenvalue weighted by atomic mass is 10.9. The molecule has 0 fully saturated rings. The average Bonchev–Trinajstić information content (AvgIpc) is 1.84. The zero-order valence-electron chi connectivity index (χ0n) is 8.99. The van der Waals surface area contributed by atoms with Crippen molar-refractivity contribution in [3.8, 4) is 0 Å². The Morgan fingerprint density at radius 2 is 1.45 bits per heavy atom. The lowest BCUT2D eigenvalue weighted by Crippen LogP contribution is -2.46. The maximum absolute atomic E-state index is 5.74. The quantitative estimate of drug-likeness (QED) is 0.640. The SMILES string of the molecule is CC([Si](C)(C)C)[Si](C)(C)O[SiH3]. The van der Waals surface area contributed by atoms with E-state index >= 15 is 0 Å². The van der Waals surface area contributed by atoms with Crippen LogP contribution in [0.1, 0.15) is 6.92 Å². The van der Waals surface area contributed by atoms with Gasteiger partial charge in [-0.25, -0.2) is 0 Å². The molecule has 4 heteroatoms. The summed E-state index contributed by atoms with van der Waals surface area (Å²) in [6.45, 7) is 14.4. The summed E-state index contributed by atoms with van der Waals surface area (Å²) in [6.07, 6.45) is 0. The molecule has 0 aromatic carbocycles. The number of hydrogen-bond acceptors (Lipinski definition) is 1. The van der Waals surface area contributed by atoms with E-state index in [1.54, 1.807) is 0 Å². The average molecular weight is 207 g/mol. The molecule has 1 nitrogen and oxygen atoms in total. The van der Waals surface area contributed by atoms with Gasteiger partial charge in [-0.1, -0.05) is 26.6 Å². The highest BCUT2D eigenvalue weighted by atomic mass is 28.4. The van der Waals surface area contributed by atoms with Gasteiger partial charge >= 0.3 is 0 Å². The van der Waals surface area contributed by atoms with Crippen LogP contribution in [0.4, 0.5) is 0 Å². The van der Waals surface area contributed by atoms with Crippen molar-refractivity contribution in [3.05, 3.63) is 0 Å². The van der Waals surface area contributed by atoms with E-state index in [9.17, 15) is 0 Å². The fourth-order valence-corrected chi connectivity index (χ4v) is 12.0. The van der Waals surface area contributed by atoms with Gasteiger partial charge in [-0.15, -0.1) is 0 Å². The maximum atomic E-state index is 5.74. The molecule has 0 aromatic rings. The Hall–Kier alpha value is 0.611. The molecular formula is C7H22OSi3. The molecule has 0 spiro atoms. The van der Waals surface area contributed by atoms with Crippen LogP contribution < -0.4 is 0 Å². The topological polar surface area (TPSA) is 9.23 Å². The van der Waals surface area contributed by atoms with Crippen molar-refractivity contribution in [2.75, 3.05) is 0 Å². The van der Waals surface area contributed by atoms with Gasteiger partial charge in [-0.05, 0) is 18.3 Å². The molecular weight excluding hydrogens is 184 g/mol. The van der Waals surface area contributed by atoms with E-state index in [1.165, 1.54) is 0 Å². The van der Waals surface area contributed by atoms with E-state index in [4.69, 9.17) is 4.12 Å². The predicted molar refractivity (Wildman–Crippen MR) is 61.3 cm³/mol. The molecule has 11 heavy (non-hydrogen) atoms. The van der Waals surface area contributed by atoms with Crippen LogP contribution in [-0.2, 0) is 4.12 Å². The van der Waals surface area contributed by atoms with Gasteiger partial charge in [0.1, 0.15) is 10.5 Å². The molecule has 0 aliphatic carbocycles. The van der Waals surface area contributed by atoms with Crippen LogP contribution in [0.3, 0.4) is 0 Å².